The molecular weight excluding hydrogens is 348 g/mol. The number of hydrogen-bond donors (Lipinski definition) is 1. The van der Waals surface area contributed by atoms with Crippen LogP contribution in [-0.2, 0) is 6.54 Å². The topological polar surface area (TPSA) is 72.1 Å². The molecule has 5 nitrogen and oxygen atoms in total. The Labute approximate surface area is 156 Å². The quantitative estimate of drug-likeness (QED) is 0.705. The Balaban J connectivity index is 1.95. The molecule has 1 aliphatic rings. The number of nitrogen functional groups attached to an aromatic ring is 1. The van der Waals surface area contributed by atoms with Gasteiger partial charge in [-0.05, 0) is 25.5 Å². The van der Waals surface area contributed by atoms with Crippen LogP contribution in [0.2, 0.25) is 5.15 Å². The van der Waals surface area contributed by atoms with Gasteiger partial charge in [0, 0.05) is 28.8 Å². The summed E-state index contributed by atoms with van der Waals surface area (Å²) in [6.45, 7) is 5.19. The van der Waals surface area contributed by atoms with Crippen molar-refractivity contribution in [2.24, 2.45) is 0 Å². The van der Waals surface area contributed by atoms with E-state index in [1.165, 1.54) is 0 Å². The number of benzene rings is 1. The van der Waals surface area contributed by atoms with Gasteiger partial charge >= 0.3 is 0 Å². The van der Waals surface area contributed by atoms with E-state index in [0.717, 1.165) is 39.8 Å². The summed E-state index contributed by atoms with van der Waals surface area (Å²) in [5.41, 5.74) is 11.7. The summed E-state index contributed by atoms with van der Waals surface area (Å²) >= 11 is 6.00. The lowest BCUT2D eigenvalue weighted by molar-refractivity contribution is 0.0779. The maximum atomic E-state index is 12.7. The van der Waals surface area contributed by atoms with E-state index in [4.69, 9.17) is 22.3 Å². The second-order valence-corrected chi connectivity index (χ2v) is 6.93. The number of fused-ring (bicyclic) bond motifs is 2. The van der Waals surface area contributed by atoms with Crippen molar-refractivity contribution in [2.45, 2.75) is 26.8 Å². The Morgan fingerprint density at radius 1 is 1.19 bits per heavy atom. The molecule has 0 unspecified atom stereocenters. The molecular formula is C20H19ClN4O. The number of anilines is 1. The van der Waals surface area contributed by atoms with Gasteiger partial charge in [-0.3, -0.25) is 4.79 Å². The van der Waals surface area contributed by atoms with Crippen LogP contribution in [0.5, 0.6) is 0 Å². The van der Waals surface area contributed by atoms with Crippen molar-refractivity contribution in [1.29, 1.82) is 0 Å². The van der Waals surface area contributed by atoms with Crippen LogP contribution in [-0.4, -0.2) is 27.3 Å². The van der Waals surface area contributed by atoms with Gasteiger partial charge in [0.05, 0.1) is 29.0 Å². The third-order valence-corrected chi connectivity index (χ3v) is 5.02. The molecule has 6 heteroatoms. The van der Waals surface area contributed by atoms with E-state index in [-0.39, 0.29) is 5.91 Å². The van der Waals surface area contributed by atoms with E-state index in [1.54, 1.807) is 6.07 Å². The molecule has 0 radical (unpaired) electrons. The first kappa shape index (κ1) is 16.8. The van der Waals surface area contributed by atoms with Crippen LogP contribution in [0.3, 0.4) is 0 Å². The third-order valence-electron chi connectivity index (χ3n) is 4.81. The number of nitrogens with zero attached hydrogens (tertiary/aromatic N) is 3. The van der Waals surface area contributed by atoms with Crippen LogP contribution in [0.15, 0.2) is 30.3 Å². The Morgan fingerprint density at radius 2 is 2.00 bits per heavy atom. The van der Waals surface area contributed by atoms with E-state index < -0.39 is 0 Å². The first-order chi connectivity index (χ1) is 12.5. The molecule has 2 aromatic heterocycles. The minimum atomic E-state index is -0.0245. The number of aromatic nitrogens is 2. The van der Waals surface area contributed by atoms with Gasteiger partial charge in [0.2, 0.25) is 0 Å². The predicted octanol–water partition coefficient (Wildman–Crippen LogP) is 4.21. The summed E-state index contributed by atoms with van der Waals surface area (Å²) < 4.78 is 0. The molecule has 0 aliphatic carbocycles. The summed E-state index contributed by atoms with van der Waals surface area (Å²) in [5, 5.41) is 1.25. The van der Waals surface area contributed by atoms with Gasteiger partial charge in [0.25, 0.3) is 5.91 Å². The molecule has 0 fully saturated rings. The second-order valence-electron chi connectivity index (χ2n) is 6.54. The van der Waals surface area contributed by atoms with E-state index in [2.05, 4.69) is 11.9 Å². The highest BCUT2D eigenvalue weighted by atomic mass is 35.5. The molecule has 132 valence electrons. The van der Waals surface area contributed by atoms with E-state index in [0.29, 0.717) is 29.5 Å². The lowest BCUT2D eigenvalue weighted by atomic mass is 9.98. The van der Waals surface area contributed by atoms with Crippen LogP contribution in [0.25, 0.3) is 22.0 Å². The summed E-state index contributed by atoms with van der Waals surface area (Å²) in [7, 11) is 0. The molecule has 0 saturated heterocycles. The first-order valence-electron chi connectivity index (χ1n) is 8.65. The summed E-state index contributed by atoms with van der Waals surface area (Å²) in [6.07, 6.45) is 0.903. The van der Waals surface area contributed by atoms with Gasteiger partial charge in [0.15, 0.2) is 0 Å². The molecule has 0 spiro atoms. The number of nitrogens with two attached hydrogens (primary N) is 1. The van der Waals surface area contributed by atoms with E-state index >= 15 is 0 Å². The molecule has 26 heavy (non-hydrogen) atoms. The smallest absolute Gasteiger partial charge is 0.258 e. The fourth-order valence-electron chi connectivity index (χ4n) is 3.61. The SMILES string of the molecule is CCCN1Cc2nc3c(-c4ccc(Cl)nc4C)cccc3c(N)c2C1=O. The number of pyridine rings is 2. The van der Waals surface area contributed by atoms with Crippen LogP contribution in [0, 0.1) is 6.92 Å². The molecule has 0 bridgehead atoms. The Bertz CT molecular complexity index is 1050. The number of hydrogen-bond acceptors (Lipinski definition) is 4. The van der Waals surface area contributed by atoms with E-state index in [9.17, 15) is 4.79 Å². The fourth-order valence-corrected chi connectivity index (χ4v) is 3.80. The number of para-hydroxylation sites is 1. The molecule has 1 aliphatic heterocycles. The number of aryl methyl sites for hydroxylation is 1. The highest BCUT2D eigenvalue weighted by Crippen LogP contribution is 2.37. The highest BCUT2D eigenvalue weighted by Gasteiger charge is 2.31. The van der Waals surface area contributed by atoms with Crippen molar-refractivity contribution >= 4 is 34.1 Å². The van der Waals surface area contributed by atoms with Gasteiger partial charge < -0.3 is 10.6 Å². The Hall–Kier alpha value is -2.66. The van der Waals surface area contributed by atoms with Crippen LogP contribution in [0.4, 0.5) is 5.69 Å². The van der Waals surface area contributed by atoms with Gasteiger partial charge in [-0.1, -0.05) is 36.7 Å². The predicted molar refractivity (Wildman–Crippen MR) is 104 cm³/mol. The number of carbonyl (C=O) groups is 1. The number of carbonyl (C=O) groups excluding carboxylic acids is 1. The zero-order valence-corrected chi connectivity index (χ0v) is 15.5. The van der Waals surface area contributed by atoms with Crippen LogP contribution in [0.1, 0.15) is 35.1 Å². The van der Waals surface area contributed by atoms with Crippen molar-refractivity contribution in [3.05, 3.63) is 52.4 Å². The summed E-state index contributed by atoms with van der Waals surface area (Å²) in [6, 6.07) is 9.56. The van der Waals surface area contributed by atoms with E-state index in [1.807, 2.05) is 36.1 Å². The summed E-state index contributed by atoms with van der Waals surface area (Å²) in [5.74, 6) is -0.0245. The van der Waals surface area contributed by atoms with Gasteiger partial charge in [-0.2, -0.15) is 0 Å². The normalized spacial score (nSPS) is 13.5. The van der Waals surface area contributed by atoms with Crippen molar-refractivity contribution < 1.29 is 4.79 Å². The molecule has 0 saturated carbocycles. The standard InChI is InChI=1S/C20H19ClN4O/c1-3-9-25-10-15-17(20(25)26)18(22)14-6-4-5-13(19(14)24-15)12-7-8-16(21)23-11(12)2/h4-8H,3,9-10H2,1-2H3,(H2,22,24). The average Bonchev–Trinajstić information content (AvgIpc) is 2.91. The van der Waals surface area contributed by atoms with Crippen LogP contribution < -0.4 is 5.73 Å². The molecule has 1 aromatic carbocycles. The third kappa shape index (κ3) is 2.51. The lowest BCUT2D eigenvalue weighted by Crippen LogP contribution is -2.24. The van der Waals surface area contributed by atoms with Crippen LogP contribution >= 0.6 is 11.6 Å². The first-order valence-corrected chi connectivity index (χ1v) is 9.03. The monoisotopic (exact) mass is 366 g/mol. The molecule has 3 heterocycles. The number of rotatable bonds is 3. The lowest BCUT2D eigenvalue weighted by Gasteiger charge is -2.13. The number of halogens is 1. The van der Waals surface area contributed by atoms with Crippen molar-refractivity contribution in [1.82, 2.24) is 14.9 Å². The zero-order valence-electron chi connectivity index (χ0n) is 14.7. The highest BCUT2D eigenvalue weighted by molar-refractivity contribution is 6.29. The van der Waals surface area contributed by atoms with Crippen molar-refractivity contribution in [3.8, 4) is 11.1 Å². The second kappa shape index (κ2) is 6.25. The fraction of sp³-hybridized carbons (Fsp3) is 0.250. The Morgan fingerprint density at radius 3 is 2.73 bits per heavy atom. The van der Waals surface area contributed by atoms with Gasteiger partial charge in [-0.15, -0.1) is 0 Å². The zero-order chi connectivity index (χ0) is 18.4. The molecule has 3 aromatic rings. The molecule has 2 N–H and O–H groups in total. The number of amides is 1. The molecule has 1 amide bonds. The van der Waals surface area contributed by atoms with Gasteiger partial charge in [-0.25, -0.2) is 9.97 Å². The average molecular weight is 367 g/mol. The Kier molecular flexibility index (Phi) is 4.04. The molecule has 0 atom stereocenters. The van der Waals surface area contributed by atoms with Gasteiger partial charge in [0.1, 0.15) is 5.15 Å². The minimum absolute atomic E-state index is 0.0245. The van der Waals surface area contributed by atoms with Crippen molar-refractivity contribution in [2.75, 3.05) is 12.3 Å². The summed E-state index contributed by atoms with van der Waals surface area (Å²) in [4.78, 5) is 23.7. The van der Waals surface area contributed by atoms with Crippen molar-refractivity contribution in [3.63, 3.8) is 0 Å². The molecule has 4 rings (SSSR count). The maximum absolute atomic E-state index is 12.7. The maximum Gasteiger partial charge on any atom is 0.258 e. The largest absolute Gasteiger partial charge is 0.397 e. The minimum Gasteiger partial charge on any atom is -0.397 e.